The zero-order valence-electron chi connectivity index (χ0n) is 18.3. The van der Waals surface area contributed by atoms with Crippen LogP contribution in [-0.4, -0.2) is 52.8 Å². The van der Waals surface area contributed by atoms with Crippen molar-refractivity contribution >= 4 is 46.1 Å². The molecule has 2 aromatic heterocycles. The summed E-state index contributed by atoms with van der Waals surface area (Å²) in [6.07, 6.45) is 2.67. The molecule has 0 aliphatic carbocycles. The van der Waals surface area contributed by atoms with Crippen LogP contribution in [0.4, 0.5) is 10.5 Å². The average Bonchev–Trinajstić information content (AvgIpc) is 3.21. The summed E-state index contributed by atoms with van der Waals surface area (Å²) in [5.41, 5.74) is 1.58. The highest BCUT2D eigenvalue weighted by Crippen LogP contribution is 2.51. The minimum atomic E-state index is -1.58. The Morgan fingerprint density at radius 2 is 1.85 bits per heavy atom. The molecule has 4 amide bonds. The molecular formula is C23H20ClN5O5. The Balaban J connectivity index is 1.61. The molecule has 3 aliphatic heterocycles. The third kappa shape index (κ3) is 2.75. The molecule has 6 rings (SSSR count). The number of carbonyl (C=O) groups excluding carboxylic acids is 3. The first-order valence-corrected chi connectivity index (χ1v) is 11.3. The number of barbiturate groups is 1. The number of benzene rings is 1. The molecule has 1 aromatic carbocycles. The molecule has 2 N–H and O–H groups in total. The van der Waals surface area contributed by atoms with E-state index in [-0.39, 0.29) is 12.5 Å². The highest BCUT2D eigenvalue weighted by atomic mass is 35.5. The van der Waals surface area contributed by atoms with Gasteiger partial charge < -0.3 is 14.2 Å². The fourth-order valence-corrected chi connectivity index (χ4v) is 6.03. The SMILES string of the molecule is C[C@H]1CN2c3c(cc4c(-c5ccncc5)noc4c3Cl)CC3(C(=O)NC(=O)NC3=O)[C@@H]2[C@@H](C)O1. The number of urea groups is 1. The first-order chi connectivity index (χ1) is 16.3. The second-order valence-electron chi connectivity index (χ2n) is 8.98. The number of ether oxygens (including phenoxy) is 1. The first kappa shape index (κ1) is 21.1. The molecule has 2 saturated heterocycles. The number of morpholine rings is 1. The molecule has 1 spiro atoms. The van der Waals surface area contributed by atoms with Crippen LogP contribution in [0.3, 0.4) is 0 Å². The zero-order valence-corrected chi connectivity index (χ0v) is 19.0. The van der Waals surface area contributed by atoms with Gasteiger partial charge in [0.2, 0.25) is 11.8 Å². The van der Waals surface area contributed by atoms with E-state index in [1.54, 1.807) is 24.5 Å². The van der Waals surface area contributed by atoms with Crippen LogP contribution in [-0.2, 0) is 20.7 Å². The van der Waals surface area contributed by atoms with Gasteiger partial charge in [-0.2, -0.15) is 0 Å². The van der Waals surface area contributed by atoms with Gasteiger partial charge in [0.25, 0.3) is 0 Å². The Morgan fingerprint density at radius 1 is 1.15 bits per heavy atom. The van der Waals surface area contributed by atoms with Crippen LogP contribution in [0, 0.1) is 5.41 Å². The number of fused-ring (bicyclic) bond motifs is 5. The average molecular weight is 482 g/mol. The van der Waals surface area contributed by atoms with Crippen LogP contribution in [0.15, 0.2) is 35.1 Å². The van der Waals surface area contributed by atoms with E-state index in [9.17, 15) is 14.4 Å². The van der Waals surface area contributed by atoms with E-state index in [0.717, 1.165) is 5.56 Å². The molecule has 3 atom stereocenters. The molecule has 174 valence electrons. The van der Waals surface area contributed by atoms with Gasteiger partial charge in [-0.1, -0.05) is 16.8 Å². The molecular weight excluding hydrogens is 462 g/mol. The zero-order chi connectivity index (χ0) is 23.8. The van der Waals surface area contributed by atoms with Crippen LogP contribution in [0.5, 0.6) is 0 Å². The van der Waals surface area contributed by atoms with Gasteiger partial charge in [-0.3, -0.25) is 25.2 Å². The molecule has 3 aliphatic rings. The lowest BCUT2D eigenvalue weighted by atomic mass is 9.66. The molecule has 0 saturated carbocycles. The number of amides is 4. The number of nitrogens with zero attached hydrogens (tertiary/aromatic N) is 3. The summed E-state index contributed by atoms with van der Waals surface area (Å²) >= 11 is 6.92. The Labute approximate surface area is 198 Å². The van der Waals surface area contributed by atoms with Gasteiger partial charge in [-0.05, 0) is 44.0 Å². The van der Waals surface area contributed by atoms with Crippen molar-refractivity contribution in [2.45, 2.75) is 38.5 Å². The minimum Gasteiger partial charge on any atom is -0.372 e. The maximum absolute atomic E-state index is 13.3. The van der Waals surface area contributed by atoms with Gasteiger partial charge in [0.15, 0.2) is 11.0 Å². The number of rotatable bonds is 1. The molecule has 11 heteroatoms. The largest absolute Gasteiger partial charge is 0.372 e. The normalized spacial score (nSPS) is 25.7. The number of anilines is 1. The van der Waals surface area contributed by atoms with E-state index in [1.165, 1.54) is 0 Å². The maximum atomic E-state index is 13.3. The number of hydrogen-bond acceptors (Lipinski definition) is 8. The standard InChI is InChI=1S/C23H20ClN5O5/c1-10-9-29-17-13(7-14-16(12-3-5-25-6-4-12)28-34-18(14)15(17)24)8-23(19(29)11(2)33-10)20(30)26-22(32)27-21(23)31/h3-7,10-11,19H,8-9H2,1-2H3,(H2,26,27,30,31,32)/t10-,11+,19-/m0/s1. The monoisotopic (exact) mass is 481 g/mol. The van der Waals surface area contributed by atoms with Gasteiger partial charge >= 0.3 is 6.03 Å². The number of nitrogens with one attached hydrogen (secondary N) is 2. The Kier molecular flexibility index (Phi) is 4.49. The molecule has 10 nitrogen and oxygen atoms in total. The summed E-state index contributed by atoms with van der Waals surface area (Å²) in [7, 11) is 0. The van der Waals surface area contributed by atoms with Crippen molar-refractivity contribution in [1.82, 2.24) is 20.8 Å². The van der Waals surface area contributed by atoms with Crippen molar-refractivity contribution in [3.05, 3.63) is 41.2 Å². The van der Waals surface area contributed by atoms with Gasteiger partial charge in [0, 0.05) is 24.5 Å². The van der Waals surface area contributed by atoms with E-state index in [4.69, 9.17) is 20.9 Å². The van der Waals surface area contributed by atoms with E-state index in [1.807, 2.05) is 24.8 Å². The molecule has 34 heavy (non-hydrogen) atoms. The lowest BCUT2D eigenvalue weighted by molar-refractivity contribution is -0.153. The third-order valence-electron chi connectivity index (χ3n) is 6.92. The number of imide groups is 2. The van der Waals surface area contributed by atoms with E-state index >= 15 is 0 Å². The quantitative estimate of drug-likeness (QED) is 0.507. The fourth-order valence-electron chi connectivity index (χ4n) is 5.67. The molecule has 3 aromatic rings. The topological polar surface area (TPSA) is 127 Å². The second kappa shape index (κ2) is 7.25. The summed E-state index contributed by atoms with van der Waals surface area (Å²) in [5, 5.41) is 9.83. The molecule has 5 heterocycles. The smallest absolute Gasteiger partial charge is 0.328 e. The van der Waals surface area contributed by atoms with Crippen LogP contribution in [0.1, 0.15) is 19.4 Å². The molecule has 0 bridgehead atoms. The predicted molar refractivity (Wildman–Crippen MR) is 121 cm³/mol. The van der Waals surface area contributed by atoms with Crippen molar-refractivity contribution in [3.63, 3.8) is 0 Å². The number of hydrogen-bond donors (Lipinski definition) is 2. The van der Waals surface area contributed by atoms with Crippen molar-refractivity contribution in [2.75, 3.05) is 11.4 Å². The molecule has 0 unspecified atom stereocenters. The lowest BCUT2D eigenvalue weighted by Gasteiger charge is -2.55. The number of pyridine rings is 1. The van der Waals surface area contributed by atoms with Crippen molar-refractivity contribution in [2.24, 2.45) is 5.41 Å². The van der Waals surface area contributed by atoms with E-state index < -0.39 is 35.4 Å². The first-order valence-electron chi connectivity index (χ1n) is 10.9. The van der Waals surface area contributed by atoms with Gasteiger partial charge in [-0.15, -0.1) is 0 Å². The van der Waals surface area contributed by atoms with Crippen LogP contribution in [0.25, 0.3) is 22.2 Å². The maximum Gasteiger partial charge on any atom is 0.328 e. The van der Waals surface area contributed by atoms with E-state index in [2.05, 4.69) is 20.8 Å². The van der Waals surface area contributed by atoms with Crippen LogP contribution in [0.2, 0.25) is 5.02 Å². The Morgan fingerprint density at radius 3 is 2.56 bits per heavy atom. The fraction of sp³-hybridized carbons (Fsp3) is 0.348. The molecule has 0 radical (unpaired) electrons. The summed E-state index contributed by atoms with van der Waals surface area (Å²) in [4.78, 5) is 44.5. The van der Waals surface area contributed by atoms with Crippen molar-refractivity contribution in [1.29, 1.82) is 0 Å². The predicted octanol–water partition coefficient (Wildman–Crippen LogP) is 2.43. The highest BCUT2D eigenvalue weighted by molar-refractivity contribution is 6.38. The van der Waals surface area contributed by atoms with Crippen molar-refractivity contribution in [3.8, 4) is 11.3 Å². The number of halogens is 1. The van der Waals surface area contributed by atoms with Gasteiger partial charge in [0.05, 0.1) is 29.3 Å². The van der Waals surface area contributed by atoms with Crippen LogP contribution < -0.4 is 15.5 Å². The van der Waals surface area contributed by atoms with Crippen molar-refractivity contribution < 1.29 is 23.6 Å². The number of aromatic nitrogens is 2. The minimum absolute atomic E-state index is 0.0349. The summed E-state index contributed by atoms with van der Waals surface area (Å²) in [5.74, 6) is -1.30. The molecule has 2 fully saturated rings. The van der Waals surface area contributed by atoms with E-state index in [0.29, 0.717) is 39.5 Å². The van der Waals surface area contributed by atoms with Crippen LogP contribution >= 0.6 is 11.6 Å². The highest BCUT2D eigenvalue weighted by Gasteiger charge is 2.63. The second-order valence-corrected chi connectivity index (χ2v) is 9.35. The number of carbonyl (C=O) groups is 3. The summed E-state index contributed by atoms with van der Waals surface area (Å²) < 4.78 is 11.7. The third-order valence-corrected chi connectivity index (χ3v) is 7.27. The van der Waals surface area contributed by atoms with Gasteiger partial charge in [-0.25, -0.2) is 4.79 Å². The Bertz CT molecular complexity index is 1350. The lowest BCUT2D eigenvalue weighted by Crippen LogP contribution is -2.75. The summed E-state index contributed by atoms with van der Waals surface area (Å²) in [6, 6.07) is 3.97. The van der Waals surface area contributed by atoms with Gasteiger partial charge in [0.1, 0.15) is 10.7 Å². The summed E-state index contributed by atoms with van der Waals surface area (Å²) in [6.45, 7) is 4.13. The Hall–Kier alpha value is -3.50.